The summed E-state index contributed by atoms with van der Waals surface area (Å²) in [6.45, 7) is 2.50. The van der Waals surface area contributed by atoms with Gasteiger partial charge in [0.15, 0.2) is 0 Å². The fourth-order valence-electron chi connectivity index (χ4n) is 3.20. The van der Waals surface area contributed by atoms with Crippen LogP contribution in [0.15, 0.2) is 48.5 Å². The van der Waals surface area contributed by atoms with E-state index >= 15 is 0 Å². The molecule has 0 aliphatic carbocycles. The third-order valence-electron chi connectivity index (χ3n) is 4.65. The number of alkyl halides is 3. The first-order valence-corrected chi connectivity index (χ1v) is 8.71. The lowest BCUT2D eigenvalue weighted by Gasteiger charge is -2.23. The number of hydrogen-bond acceptors (Lipinski definition) is 2. The van der Waals surface area contributed by atoms with E-state index in [1.165, 1.54) is 12.1 Å². The van der Waals surface area contributed by atoms with Crippen LogP contribution in [0.25, 0.3) is 11.1 Å². The highest BCUT2D eigenvalue weighted by Gasteiger charge is 2.30. The molecular weight excluding hydrogens is 377 g/mol. The maximum absolute atomic E-state index is 12.7. The summed E-state index contributed by atoms with van der Waals surface area (Å²) in [5, 5.41) is 6.27. The molecule has 2 aromatic carbocycles. The van der Waals surface area contributed by atoms with Crippen molar-refractivity contribution in [2.24, 2.45) is 5.92 Å². The average molecular weight is 399 g/mol. The standard InChI is InChI=1S/C20H21F3N2O.ClH/c21-20(22,23)16-9-7-15(8-10-16)17-5-1-2-6-18(17)19(26)25-13-14-4-3-11-24-12-14;/h1-2,5-10,14,24H,3-4,11-13H2,(H,25,26);1H. The van der Waals surface area contributed by atoms with Gasteiger partial charge in [-0.05, 0) is 61.2 Å². The van der Waals surface area contributed by atoms with Gasteiger partial charge in [-0.15, -0.1) is 12.4 Å². The molecule has 3 rings (SSSR count). The van der Waals surface area contributed by atoms with Crippen LogP contribution >= 0.6 is 12.4 Å². The smallest absolute Gasteiger partial charge is 0.352 e. The summed E-state index contributed by atoms with van der Waals surface area (Å²) in [4.78, 5) is 12.6. The number of rotatable bonds is 4. The SMILES string of the molecule is Cl.O=C(NCC1CCCNC1)c1ccccc1-c1ccc(C(F)(F)F)cc1. The highest BCUT2D eigenvalue weighted by molar-refractivity contribution is 6.00. The summed E-state index contributed by atoms with van der Waals surface area (Å²) < 4.78 is 38.2. The van der Waals surface area contributed by atoms with Crippen LogP contribution in [0.5, 0.6) is 0 Å². The molecule has 7 heteroatoms. The molecule has 0 bridgehead atoms. The predicted octanol–water partition coefficient (Wildman–Crippen LogP) is 4.52. The Kier molecular flexibility index (Phi) is 7.27. The van der Waals surface area contributed by atoms with E-state index in [-0.39, 0.29) is 18.3 Å². The van der Waals surface area contributed by atoms with Gasteiger partial charge in [0.25, 0.3) is 5.91 Å². The van der Waals surface area contributed by atoms with E-state index in [4.69, 9.17) is 0 Å². The Hall–Kier alpha value is -2.05. The highest BCUT2D eigenvalue weighted by atomic mass is 35.5. The van der Waals surface area contributed by atoms with Crippen LogP contribution in [-0.4, -0.2) is 25.5 Å². The summed E-state index contributed by atoms with van der Waals surface area (Å²) in [5.41, 5.74) is 0.979. The maximum atomic E-state index is 12.7. The molecule has 0 spiro atoms. The minimum absolute atomic E-state index is 0. The van der Waals surface area contributed by atoms with Gasteiger partial charge in [0.05, 0.1) is 5.56 Å². The van der Waals surface area contributed by atoms with Gasteiger partial charge in [0.2, 0.25) is 0 Å². The Morgan fingerprint density at radius 3 is 2.44 bits per heavy atom. The molecule has 146 valence electrons. The van der Waals surface area contributed by atoms with Gasteiger partial charge in [0, 0.05) is 12.1 Å². The first kappa shape index (κ1) is 21.3. The minimum atomic E-state index is -4.37. The molecular formula is C20H22ClF3N2O. The van der Waals surface area contributed by atoms with Crippen molar-refractivity contribution in [1.29, 1.82) is 0 Å². The number of carbonyl (C=O) groups is 1. The van der Waals surface area contributed by atoms with Gasteiger partial charge in [0.1, 0.15) is 0 Å². The van der Waals surface area contributed by atoms with Crippen molar-refractivity contribution in [2.75, 3.05) is 19.6 Å². The van der Waals surface area contributed by atoms with Gasteiger partial charge in [-0.1, -0.05) is 30.3 Å². The summed E-state index contributed by atoms with van der Waals surface area (Å²) in [6, 6.07) is 11.9. The van der Waals surface area contributed by atoms with Crippen molar-refractivity contribution in [3.05, 3.63) is 59.7 Å². The Morgan fingerprint density at radius 2 is 1.81 bits per heavy atom. The van der Waals surface area contributed by atoms with E-state index < -0.39 is 11.7 Å². The van der Waals surface area contributed by atoms with Crippen molar-refractivity contribution in [1.82, 2.24) is 10.6 Å². The fraction of sp³-hybridized carbons (Fsp3) is 0.350. The Morgan fingerprint density at radius 1 is 1.11 bits per heavy atom. The largest absolute Gasteiger partial charge is 0.416 e. The normalized spacial score (nSPS) is 17.1. The highest BCUT2D eigenvalue weighted by Crippen LogP contribution is 2.31. The van der Waals surface area contributed by atoms with Crippen LogP contribution in [0.3, 0.4) is 0 Å². The third kappa shape index (κ3) is 5.47. The van der Waals surface area contributed by atoms with E-state index in [2.05, 4.69) is 10.6 Å². The topological polar surface area (TPSA) is 41.1 Å². The van der Waals surface area contributed by atoms with E-state index in [9.17, 15) is 18.0 Å². The Labute approximate surface area is 162 Å². The maximum Gasteiger partial charge on any atom is 0.416 e. The summed E-state index contributed by atoms with van der Waals surface area (Å²) in [6.07, 6.45) is -2.19. The minimum Gasteiger partial charge on any atom is -0.352 e. The molecule has 1 saturated heterocycles. The third-order valence-corrected chi connectivity index (χ3v) is 4.65. The molecule has 1 aliphatic heterocycles. The van der Waals surface area contributed by atoms with E-state index in [0.29, 0.717) is 29.2 Å². The van der Waals surface area contributed by atoms with Crippen molar-refractivity contribution in [3.63, 3.8) is 0 Å². The molecule has 0 radical (unpaired) electrons. The van der Waals surface area contributed by atoms with Crippen LogP contribution in [-0.2, 0) is 6.18 Å². The average Bonchev–Trinajstić information content (AvgIpc) is 2.66. The van der Waals surface area contributed by atoms with Gasteiger partial charge < -0.3 is 10.6 Å². The monoisotopic (exact) mass is 398 g/mol. The van der Waals surface area contributed by atoms with Crippen molar-refractivity contribution < 1.29 is 18.0 Å². The van der Waals surface area contributed by atoms with Gasteiger partial charge in [-0.25, -0.2) is 0 Å². The van der Waals surface area contributed by atoms with Crippen LogP contribution in [0, 0.1) is 5.92 Å². The fourth-order valence-corrected chi connectivity index (χ4v) is 3.20. The van der Waals surface area contributed by atoms with E-state index in [1.54, 1.807) is 24.3 Å². The number of halogens is 4. The first-order chi connectivity index (χ1) is 12.4. The zero-order chi connectivity index (χ0) is 18.6. The van der Waals surface area contributed by atoms with Crippen LogP contribution in [0.4, 0.5) is 13.2 Å². The molecule has 0 aromatic heterocycles. The number of nitrogens with one attached hydrogen (secondary N) is 2. The lowest BCUT2D eigenvalue weighted by Crippen LogP contribution is -2.38. The zero-order valence-corrected chi connectivity index (χ0v) is 15.5. The molecule has 1 heterocycles. The molecule has 27 heavy (non-hydrogen) atoms. The van der Waals surface area contributed by atoms with Crippen molar-refractivity contribution in [3.8, 4) is 11.1 Å². The summed E-state index contributed by atoms with van der Waals surface area (Å²) in [5.74, 6) is 0.206. The molecule has 1 aliphatic rings. The van der Waals surface area contributed by atoms with Crippen LogP contribution in [0.2, 0.25) is 0 Å². The second-order valence-electron chi connectivity index (χ2n) is 6.54. The lowest BCUT2D eigenvalue weighted by atomic mass is 9.97. The molecule has 1 fully saturated rings. The number of benzene rings is 2. The van der Waals surface area contributed by atoms with Crippen molar-refractivity contribution >= 4 is 18.3 Å². The molecule has 1 atom stereocenters. The number of amides is 1. The van der Waals surface area contributed by atoms with Gasteiger partial charge in [-0.3, -0.25) is 4.79 Å². The number of piperidine rings is 1. The van der Waals surface area contributed by atoms with E-state index in [1.807, 2.05) is 0 Å². The molecule has 3 nitrogen and oxygen atoms in total. The van der Waals surface area contributed by atoms with Gasteiger partial charge >= 0.3 is 6.18 Å². The molecule has 2 aromatic rings. The lowest BCUT2D eigenvalue weighted by molar-refractivity contribution is -0.137. The molecule has 1 unspecified atom stereocenters. The number of hydrogen-bond donors (Lipinski definition) is 2. The van der Waals surface area contributed by atoms with Crippen LogP contribution in [0.1, 0.15) is 28.8 Å². The summed E-state index contributed by atoms with van der Waals surface area (Å²) in [7, 11) is 0. The van der Waals surface area contributed by atoms with E-state index in [0.717, 1.165) is 38.1 Å². The quantitative estimate of drug-likeness (QED) is 0.794. The Bertz CT molecular complexity index is 757. The second kappa shape index (κ2) is 9.24. The number of carbonyl (C=O) groups excluding carboxylic acids is 1. The first-order valence-electron chi connectivity index (χ1n) is 8.71. The van der Waals surface area contributed by atoms with Gasteiger partial charge in [-0.2, -0.15) is 13.2 Å². The summed E-state index contributed by atoms with van der Waals surface area (Å²) >= 11 is 0. The Balaban J connectivity index is 0.00000261. The van der Waals surface area contributed by atoms with Crippen molar-refractivity contribution in [2.45, 2.75) is 19.0 Å². The molecule has 0 saturated carbocycles. The predicted molar refractivity (Wildman–Crippen MR) is 102 cm³/mol. The molecule has 2 N–H and O–H groups in total. The molecule has 1 amide bonds. The zero-order valence-electron chi connectivity index (χ0n) is 14.7. The second-order valence-corrected chi connectivity index (χ2v) is 6.54. The van der Waals surface area contributed by atoms with Crippen LogP contribution < -0.4 is 10.6 Å².